The van der Waals surface area contributed by atoms with Gasteiger partial charge in [0.05, 0.1) is 11.3 Å². The lowest BCUT2D eigenvalue weighted by molar-refractivity contribution is 0.0695. The lowest BCUT2D eigenvalue weighted by atomic mass is 10.1. The number of aryl methyl sites for hydroxylation is 2. The van der Waals surface area contributed by atoms with Crippen molar-refractivity contribution in [1.82, 2.24) is 9.97 Å². The van der Waals surface area contributed by atoms with Crippen molar-refractivity contribution < 1.29 is 9.90 Å². The molecule has 1 N–H and O–H groups in total. The molecule has 0 aliphatic heterocycles. The van der Waals surface area contributed by atoms with Gasteiger partial charge in [0.15, 0.2) is 0 Å². The second-order valence-electron chi connectivity index (χ2n) is 4.25. The number of hydrogen-bond donors (Lipinski definition) is 1. The molecule has 0 bridgehead atoms. The van der Waals surface area contributed by atoms with Crippen LogP contribution in [0.5, 0.6) is 0 Å². The zero-order chi connectivity index (χ0) is 13.1. The zero-order valence-electron chi connectivity index (χ0n) is 10.3. The number of aromatic carboxylic acids is 1. The van der Waals surface area contributed by atoms with Gasteiger partial charge in [-0.15, -0.1) is 0 Å². The number of carboxylic acid groups (broad SMARTS) is 1. The van der Waals surface area contributed by atoms with Crippen LogP contribution in [-0.2, 0) is 6.42 Å². The maximum atomic E-state index is 10.8. The van der Waals surface area contributed by atoms with E-state index in [1.807, 2.05) is 31.2 Å². The van der Waals surface area contributed by atoms with E-state index in [2.05, 4.69) is 9.97 Å². The van der Waals surface area contributed by atoms with Crippen LogP contribution in [0.15, 0.2) is 30.5 Å². The molecule has 2 aromatic rings. The van der Waals surface area contributed by atoms with Gasteiger partial charge >= 0.3 is 5.97 Å². The van der Waals surface area contributed by atoms with E-state index in [4.69, 9.17) is 5.11 Å². The molecule has 0 aliphatic carbocycles. The minimum atomic E-state index is -0.991. The quantitative estimate of drug-likeness (QED) is 0.897. The fourth-order valence-corrected chi connectivity index (χ4v) is 1.70. The first-order valence-electron chi connectivity index (χ1n) is 5.67. The summed E-state index contributed by atoms with van der Waals surface area (Å²) in [5.74, 6) is -0.351. The normalized spacial score (nSPS) is 10.3. The summed E-state index contributed by atoms with van der Waals surface area (Å²) >= 11 is 0. The first kappa shape index (κ1) is 12.2. The number of benzene rings is 1. The van der Waals surface area contributed by atoms with E-state index < -0.39 is 5.97 Å². The second-order valence-corrected chi connectivity index (χ2v) is 4.25. The lowest BCUT2D eigenvalue weighted by Crippen LogP contribution is -2.06. The fraction of sp³-hybridized carbons (Fsp3) is 0.214. The van der Waals surface area contributed by atoms with Crippen molar-refractivity contribution in [2.45, 2.75) is 20.3 Å². The van der Waals surface area contributed by atoms with Crippen LogP contribution in [0.25, 0.3) is 0 Å². The monoisotopic (exact) mass is 242 g/mol. The molecule has 0 saturated carbocycles. The fourth-order valence-electron chi connectivity index (χ4n) is 1.70. The van der Waals surface area contributed by atoms with E-state index in [0.717, 1.165) is 5.56 Å². The van der Waals surface area contributed by atoms with Gasteiger partial charge in [-0.2, -0.15) is 0 Å². The Morgan fingerprint density at radius 3 is 2.44 bits per heavy atom. The SMILES string of the molecule is Cc1ccc(Cc2ncc(C(=O)O)c(C)n2)cc1. The van der Waals surface area contributed by atoms with Crippen molar-refractivity contribution in [2.24, 2.45) is 0 Å². The number of carboxylic acids is 1. The molecule has 18 heavy (non-hydrogen) atoms. The van der Waals surface area contributed by atoms with E-state index in [-0.39, 0.29) is 5.56 Å². The standard InChI is InChI=1S/C14H14N2O2/c1-9-3-5-11(6-4-9)7-13-15-8-12(14(17)18)10(2)16-13/h3-6,8H,7H2,1-2H3,(H,17,18). The largest absolute Gasteiger partial charge is 0.478 e. The van der Waals surface area contributed by atoms with Crippen LogP contribution >= 0.6 is 0 Å². The molecule has 0 atom stereocenters. The Hall–Kier alpha value is -2.23. The molecule has 92 valence electrons. The zero-order valence-corrected chi connectivity index (χ0v) is 10.3. The maximum Gasteiger partial charge on any atom is 0.339 e. The molecule has 0 fully saturated rings. The molecule has 1 heterocycles. The molecule has 0 spiro atoms. The van der Waals surface area contributed by atoms with Gasteiger partial charge in [0.1, 0.15) is 5.82 Å². The van der Waals surface area contributed by atoms with Crippen LogP contribution in [0.3, 0.4) is 0 Å². The number of nitrogens with zero attached hydrogens (tertiary/aromatic N) is 2. The summed E-state index contributed by atoms with van der Waals surface area (Å²) in [6, 6.07) is 8.12. The number of rotatable bonds is 3. The molecule has 0 unspecified atom stereocenters. The summed E-state index contributed by atoms with van der Waals surface area (Å²) in [6.45, 7) is 3.72. The van der Waals surface area contributed by atoms with Gasteiger partial charge in [-0.05, 0) is 19.4 Å². The van der Waals surface area contributed by atoms with Gasteiger partial charge in [-0.1, -0.05) is 29.8 Å². The van der Waals surface area contributed by atoms with Gasteiger partial charge in [0.2, 0.25) is 0 Å². The average molecular weight is 242 g/mol. The van der Waals surface area contributed by atoms with Gasteiger partial charge in [-0.25, -0.2) is 14.8 Å². The highest BCUT2D eigenvalue weighted by atomic mass is 16.4. The topological polar surface area (TPSA) is 63.1 Å². The van der Waals surface area contributed by atoms with Crippen molar-refractivity contribution in [1.29, 1.82) is 0 Å². The van der Waals surface area contributed by atoms with E-state index in [1.54, 1.807) is 6.92 Å². The summed E-state index contributed by atoms with van der Waals surface area (Å²) in [5, 5.41) is 8.90. The highest BCUT2D eigenvalue weighted by molar-refractivity contribution is 5.88. The molecular formula is C14H14N2O2. The molecule has 1 aromatic heterocycles. The molecule has 4 heteroatoms. The smallest absolute Gasteiger partial charge is 0.339 e. The van der Waals surface area contributed by atoms with Crippen LogP contribution in [0.4, 0.5) is 0 Å². The van der Waals surface area contributed by atoms with Gasteiger partial charge in [0, 0.05) is 12.6 Å². The average Bonchev–Trinajstić information content (AvgIpc) is 2.32. The van der Waals surface area contributed by atoms with Crippen LogP contribution < -0.4 is 0 Å². The first-order valence-corrected chi connectivity index (χ1v) is 5.67. The lowest BCUT2D eigenvalue weighted by Gasteiger charge is -2.04. The van der Waals surface area contributed by atoms with Gasteiger partial charge in [-0.3, -0.25) is 0 Å². The van der Waals surface area contributed by atoms with Crippen molar-refractivity contribution in [3.63, 3.8) is 0 Å². The highest BCUT2D eigenvalue weighted by Crippen LogP contribution is 2.10. The minimum absolute atomic E-state index is 0.155. The number of carbonyl (C=O) groups is 1. The molecule has 0 aliphatic rings. The van der Waals surface area contributed by atoms with Crippen molar-refractivity contribution >= 4 is 5.97 Å². The van der Waals surface area contributed by atoms with E-state index in [1.165, 1.54) is 11.8 Å². The third-order valence-corrected chi connectivity index (χ3v) is 2.74. The van der Waals surface area contributed by atoms with Crippen LogP contribution in [0, 0.1) is 13.8 Å². The Bertz CT molecular complexity index is 577. The van der Waals surface area contributed by atoms with E-state index >= 15 is 0 Å². The summed E-state index contributed by atoms with van der Waals surface area (Å²) in [6.07, 6.45) is 1.98. The molecular weight excluding hydrogens is 228 g/mol. The second kappa shape index (κ2) is 4.96. The van der Waals surface area contributed by atoms with E-state index in [0.29, 0.717) is 17.9 Å². The van der Waals surface area contributed by atoms with Crippen molar-refractivity contribution in [2.75, 3.05) is 0 Å². The van der Waals surface area contributed by atoms with Crippen LogP contribution in [0.1, 0.15) is 33.0 Å². The van der Waals surface area contributed by atoms with Gasteiger partial charge < -0.3 is 5.11 Å². The molecule has 0 radical (unpaired) electrons. The number of aromatic nitrogens is 2. The molecule has 2 rings (SSSR count). The third kappa shape index (κ3) is 2.71. The highest BCUT2D eigenvalue weighted by Gasteiger charge is 2.09. The van der Waals surface area contributed by atoms with E-state index in [9.17, 15) is 4.79 Å². The predicted molar refractivity (Wildman–Crippen MR) is 67.7 cm³/mol. The van der Waals surface area contributed by atoms with Crippen LogP contribution in [0.2, 0.25) is 0 Å². The van der Waals surface area contributed by atoms with Crippen molar-refractivity contribution in [3.8, 4) is 0 Å². The molecule has 1 aromatic carbocycles. The minimum Gasteiger partial charge on any atom is -0.478 e. The van der Waals surface area contributed by atoms with Crippen LogP contribution in [-0.4, -0.2) is 21.0 Å². The predicted octanol–water partition coefficient (Wildman–Crippen LogP) is 2.38. The Kier molecular flexibility index (Phi) is 3.37. The maximum absolute atomic E-state index is 10.8. The van der Waals surface area contributed by atoms with Crippen molar-refractivity contribution in [3.05, 3.63) is 58.7 Å². The Labute approximate surface area is 105 Å². The first-order chi connectivity index (χ1) is 8.56. The molecule has 0 amide bonds. The number of hydrogen-bond acceptors (Lipinski definition) is 3. The molecule has 4 nitrogen and oxygen atoms in total. The summed E-state index contributed by atoms with van der Waals surface area (Å²) in [4.78, 5) is 19.2. The Morgan fingerprint density at radius 1 is 1.22 bits per heavy atom. The summed E-state index contributed by atoms with van der Waals surface area (Å²) < 4.78 is 0. The Balaban J connectivity index is 2.22. The molecule has 0 saturated heterocycles. The third-order valence-electron chi connectivity index (χ3n) is 2.74. The summed E-state index contributed by atoms with van der Waals surface area (Å²) in [7, 11) is 0. The van der Waals surface area contributed by atoms with Gasteiger partial charge in [0.25, 0.3) is 0 Å². The summed E-state index contributed by atoms with van der Waals surface area (Å²) in [5.41, 5.74) is 2.97. The Morgan fingerprint density at radius 2 is 1.89 bits per heavy atom.